The highest BCUT2D eigenvalue weighted by Gasteiger charge is 2.08. The summed E-state index contributed by atoms with van der Waals surface area (Å²) < 4.78 is 4.96. The SMILES string of the molecule is COc1cc(NC(N)=S)c(O)cc1Cl. The fourth-order valence-electron chi connectivity index (χ4n) is 0.932. The number of phenols is 1. The summed E-state index contributed by atoms with van der Waals surface area (Å²) in [5.41, 5.74) is 5.62. The normalized spacial score (nSPS) is 9.57. The van der Waals surface area contributed by atoms with E-state index in [4.69, 9.17) is 22.1 Å². The van der Waals surface area contributed by atoms with Crippen LogP contribution in [0.25, 0.3) is 0 Å². The second kappa shape index (κ2) is 4.34. The Balaban J connectivity index is 3.10. The summed E-state index contributed by atoms with van der Waals surface area (Å²) in [5.74, 6) is 0.395. The summed E-state index contributed by atoms with van der Waals surface area (Å²) >= 11 is 10.4. The summed E-state index contributed by atoms with van der Waals surface area (Å²) in [6.07, 6.45) is 0. The molecule has 1 aromatic carbocycles. The molecule has 0 bridgehead atoms. The first kappa shape index (κ1) is 10.9. The molecule has 4 nitrogen and oxygen atoms in total. The van der Waals surface area contributed by atoms with Gasteiger partial charge in [-0.1, -0.05) is 11.6 Å². The molecule has 14 heavy (non-hydrogen) atoms. The lowest BCUT2D eigenvalue weighted by molar-refractivity contribution is 0.413. The number of nitrogens with two attached hydrogens (primary N) is 1. The maximum atomic E-state index is 9.44. The molecule has 1 aromatic rings. The number of hydrogen-bond acceptors (Lipinski definition) is 3. The molecule has 4 N–H and O–H groups in total. The Morgan fingerprint density at radius 2 is 2.29 bits per heavy atom. The van der Waals surface area contributed by atoms with Crippen LogP contribution < -0.4 is 15.8 Å². The molecule has 0 spiro atoms. The van der Waals surface area contributed by atoms with E-state index < -0.39 is 0 Å². The van der Waals surface area contributed by atoms with Gasteiger partial charge in [-0.05, 0) is 12.2 Å². The van der Waals surface area contributed by atoms with Crippen molar-refractivity contribution in [2.24, 2.45) is 5.73 Å². The highest BCUT2D eigenvalue weighted by molar-refractivity contribution is 7.80. The van der Waals surface area contributed by atoms with Crippen LogP contribution in [0.2, 0.25) is 5.02 Å². The van der Waals surface area contributed by atoms with Crippen molar-refractivity contribution in [1.29, 1.82) is 0 Å². The molecule has 1 rings (SSSR count). The van der Waals surface area contributed by atoms with E-state index in [9.17, 15) is 5.11 Å². The predicted molar refractivity (Wildman–Crippen MR) is 60.1 cm³/mol. The molecule has 76 valence electrons. The summed E-state index contributed by atoms with van der Waals surface area (Å²) in [5, 5.41) is 12.4. The van der Waals surface area contributed by atoms with Crippen molar-refractivity contribution in [2.75, 3.05) is 12.4 Å². The van der Waals surface area contributed by atoms with Gasteiger partial charge in [0.2, 0.25) is 0 Å². The Labute approximate surface area is 91.6 Å². The van der Waals surface area contributed by atoms with Gasteiger partial charge in [-0.15, -0.1) is 0 Å². The van der Waals surface area contributed by atoms with Crippen molar-refractivity contribution in [3.63, 3.8) is 0 Å². The fraction of sp³-hybridized carbons (Fsp3) is 0.125. The zero-order valence-electron chi connectivity index (χ0n) is 7.37. The topological polar surface area (TPSA) is 67.5 Å². The van der Waals surface area contributed by atoms with Crippen molar-refractivity contribution in [2.45, 2.75) is 0 Å². The number of nitrogens with one attached hydrogen (secondary N) is 1. The molecule has 0 unspecified atom stereocenters. The minimum Gasteiger partial charge on any atom is -0.506 e. The van der Waals surface area contributed by atoms with Gasteiger partial charge in [0.25, 0.3) is 0 Å². The molecular formula is C8H9ClN2O2S. The Morgan fingerprint density at radius 1 is 1.64 bits per heavy atom. The molecule has 0 radical (unpaired) electrons. The van der Waals surface area contributed by atoms with Gasteiger partial charge in [-0.2, -0.15) is 0 Å². The van der Waals surface area contributed by atoms with Crippen molar-refractivity contribution in [3.05, 3.63) is 17.2 Å². The maximum absolute atomic E-state index is 9.44. The molecule has 0 atom stereocenters. The van der Waals surface area contributed by atoms with Gasteiger partial charge in [-0.3, -0.25) is 0 Å². The van der Waals surface area contributed by atoms with E-state index in [0.29, 0.717) is 16.5 Å². The van der Waals surface area contributed by atoms with Crippen molar-refractivity contribution in [3.8, 4) is 11.5 Å². The van der Waals surface area contributed by atoms with Gasteiger partial charge in [0, 0.05) is 12.1 Å². The van der Waals surface area contributed by atoms with E-state index in [0.717, 1.165) is 0 Å². The van der Waals surface area contributed by atoms with E-state index in [1.165, 1.54) is 19.2 Å². The van der Waals surface area contributed by atoms with Crippen molar-refractivity contribution >= 4 is 34.6 Å². The molecule has 0 aliphatic heterocycles. The number of thiocarbonyl (C=S) groups is 1. The number of methoxy groups -OCH3 is 1. The van der Waals surface area contributed by atoms with Crippen LogP contribution in [0.4, 0.5) is 5.69 Å². The third-order valence-electron chi connectivity index (χ3n) is 1.53. The number of phenolic OH excluding ortho intramolecular Hbond substituents is 1. The molecule has 0 aliphatic carbocycles. The highest BCUT2D eigenvalue weighted by Crippen LogP contribution is 2.34. The molecule has 0 saturated carbocycles. The zero-order chi connectivity index (χ0) is 10.7. The predicted octanol–water partition coefficient (Wildman–Crippen LogP) is 1.71. The van der Waals surface area contributed by atoms with E-state index in [1.54, 1.807) is 0 Å². The largest absolute Gasteiger partial charge is 0.506 e. The first-order chi connectivity index (χ1) is 6.54. The number of aromatic hydroxyl groups is 1. The smallest absolute Gasteiger partial charge is 0.168 e. The molecule has 6 heteroatoms. The number of hydrogen-bond donors (Lipinski definition) is 3. The summed E-state index contributed by atoms with van der Waals surface area (Å²) in [6.45, 7) is 0. The average molecular weight is 233 g/mol. The molecule has 0 amide bonds. The highest BCUT2D eigenvalue weighted by atomic mass is 35.5. The first-order valence-electron chi connectivity index (χ1n) is 3.67. The minimum absolute atomic E-state index is 0.0383. The Hall–Kier alpha value is -1.20. The van der Waals surface area contributed by atoms with Crippen LogP contribution in [0.1, 0.15) is 0 Å². The van der Waals surface area contributed by atoms with E-state index >= 15 is 0 Å². The quantitative estimate of drug-likeness (QED) is 0.535. The second-order valence-corrected chi connectivity index (χ2v) is 3.34. The lowest BCUT2D eigenvalue weighted by Crippen LogP contribution is -2.18. The van der Waals surface area contributed by atoms with Gasteiger partial charge in [0.1, 0.15) is 11.5 Å². The van der Waals surface area contributed by atoms with Crippen LogP contribution in [0.15, 0.2) is 12.1 Å². The van der Waals surface area contributed by atoms with Crippen LogP contribution in [0.5, 0.6) is 11.5 Å². The van der Waals surface area contributed by atoms with Gasteiger partial charge < -0.3 is 20.9 Å². The number of halogens is 1. The summed E-state index contributed by atoms with van der Waals surface area (Å²) in [4.78, 5) is 0. The Kier molecular flexibility index (Phi) is 3.38. The molecule has 0 aliphatic rings. The number of benzene rings is 1. The van der Waals surface area contributed by atoms with E-state index in [1.807, 2.05) is 0 Å². The maximum Gasteiger partial charge on any atom is 0.168 e. The first-order valence-corrected chi connectivity index (χ1v) is 4.46. The summed E-state index contributed by atoms with van der Waals surface area (Å²) in [7, 11) is 1.48. The lowest BCUT2D eigenvalue weighted by Gasteiger charge is -2.09. The Bertz CT molecular complexity index is 371. The minimum atomic E-state index is -0.0383. The van der Waals surface area contributed by atoms with E-state index in [2.05, 4.69) is 17.5 Å². The molecule has 0 heterocycles. The summed E-state index contributed by atoms with van der Waals surface area (Å²) in [6, 6.07) is 2.86. The molecule has 0 aromatic heterocycles. The second-order valence-electron chi connectivity index (χ2n) is 2.49. The van der Waals surface area contributed by atoms with Crippen LogP contribution >= 0.6 is 23.8 Å². The van der Waals surface area contributed by atoms with Crippen molar-refractivity contribution < 1.29 is 9.84 Å². The van der Waals surface area contributed by atoms with Crippen LogP contribution in [0.3, 0.4) is 0 Å². The van der Waals surface area contributed by atoms with Crippen LogP contribution in [0, 0.1) is 0 Å². The third kappa shape index (κ3) is 2.40. The van der Waals surface area contributed by atoms with Crippen LogP contribution in [-0.2, 0) is 0 Å². The third-order valence-corrected chi connectivity index (χ3v) is 1.93. The lowest BCUT2D eigenvalue weighted by atomic mass is 10.2. The van der Waals surface area contributed by atoms with Crippen molar-refractivity contribution in [1.82, 2.24) is 0 Å². The average Bonchev–Trinajstić information content (AvgIpc) is 2.09. The van der Waals surface area contributed by atoms with Gasteiger partial charge in [0.15, 0.2) is 5.11 Å². The number of rotatable bonds is 2. The van der Waals surface area contributed by atoms with Crippen LogP contribution in [-0.4, -0.2) is 17.3 Å². The number of ether oxygens (including phenoxy) is 1. The molecule has 0 fully saturated rings. The Morgan fingerprint density at radius 3 is 2.79 bits per heavy atom. The standard InChI is InChI=1S/C8H9ClN2O2S/c1-13-7-3-5(11-8(10)14)6(12)2-4(7)9/h2-3,12H,1H3,(H3,10,11,14). The van der Waals surface area contributed by atoms with Gasteiger partial charge in [-0.25, -0.2) is 0 Å². The van der Waals surface area contributed by atoms with E-state index in [-0.39, 0.29) is 10.9 Å². The fourth-order valence-corrected chi connectivity index (χ4v) is 1.28. The zero-order valence-corrected chi connectivity index (χ0v) is 8.95. The molecule has 0 saturated heterocycles. The number of anilines is 1. The van der Waals surface area contributed by atoms with Gasteiger partial charge >= 0.3 is 0 Å². The molecular weight excluding hydrogens is 224 g/mol. The van der Waals surface area contributed by atoms with Gasteiger partial charge in [0.05, 0.1) is 17.8 Å². The monoisotopic (exact) mass is 232 g/mol.